The molecule has 0 unspecified atom stereocenters. The van der Waals surface area contributed by atoms with Crippen LogP contribution in [-0.2, 0) is 14.4 Å². The summed E-state index contributed by atoms with van der Waals surface area (Å²) in [6.45, 7) is 6.98. The second-order valence-electron chi connectivity index (χ2n) is 6.54. The van der Waals surface area contributed by atoms with E-state index in [1.54, 1.807) is 0 Å². The Morgan fingerprint density at radius 2 is 1.73 bits per heavy atom. The number of carbonyl (C=O) groups is 4. The third kappa shape index (κ3) is 4.36. The molecule has 0 saturated carbocycles. The molecule has 26 heavy (non-hydrogen) atoms. The molecule has 1 fully saturated rings. The van der Waals surface area contributed by atoms with E-state index in [0.717, 1.165) is 10.5 Å². The normalized spacial score (nSPS) is 15.6. The predicted octanol–water partition coefficient (Wildman–Crippen LogP) is 1.87. The summed E-state index contributed by atoms with van der Waals surface area (Å²) in [7, 11) is 0. The maximum Gasteiger partial charge on any atom is 0.335 e. The molecule has 1 heterocycles. The van der Waals surface area contributed by atoms with Gasteiger partial charge in [-0.15, -0.1) is 6.58 Å². The first-order valence-corrected chi connectivity index (χ1v) is 8.47. The van der Waals surface area contributed by atoms with E-state index >= 15 is 0 Å². The maximum absolute atomic E-state index is 12.4. The zero-order valence-corrected chi connectivity index (χ0v) is 15.0. The van der Waals surface area contributed by atoms with Crippen molar-refractivity contribution in [3.63, 3.8) is 0 Å². The van der Waals surface area contributed by atoms with Gasteiger partial charge in [0, 0.05) is 6.54 Å². The first kappa shape index (κ1) is 19.4. The van der Waals surface area contributed by atoms with Crippen LogP contribution in [0.1, 0.15) is 31.9 Å². The molecule has 0 bridgehead atoms. The van der Waals surface area contributed by atoms with Gasteiger partial charge in [-0.1, -0.05) is 50.3 Å². The van der Waals surface area contributed by atoms with Crippen molar-refractivity contribution in [2.24, 2.45) is 5.92 Å². The van der Waals surface area contributed by atoms with E-state index in [1.165, 1.54) is 6.08 Å². The monoisotopic (exact) mass is 357 g/mol. The van der Waals surface area contributed by atoms with Crippen molar-refractivity contribution in [2.75, 3.05) is 13.1 Å². The fourth-order valence-corrected chi connectivity index (χ4v) is 2.80. The van der Waals surface area contributed by atoms with E-state index in [1.807, 2.05) is 44.2 Å². The molecule has 1 aliphatic rings. The van der Waals surface area contributed by atoms with Crippen LogP contribution in [0.2, 0.25) is 0 Å². The number of nitrogens with one attached hydrogen (secondary N) is 1. The van der Waals surface area contributed by atoms with E-state index in [0.29, 0.717) is 17.2 Å². The molecule has 0 radical (unpaired) electrons. The third-order valence-corrected chi connectivity index (χ3v) is 3.99. The Bertz CT molecular complexity index is 715. The molecule has 1 aromatic rings. The van der Waals surface area contributed by atoms with Crippen LogP contribution in [0.5, 0.6) is 0 Å². The molecule has 0 aromatic heterocycles. The third-order valence-electron chi connectivity index (χ3n) is 3.99. The molecular weight excluding hydrogens is 334 g/mol. The van der Waals surface area contributed by atoms with E-state index < -0.39 is 30.3 Å². The fraction of sp³-hybridized carbons (Fsp3) is 0.368. The fourth-order valence-electron chi connectivity index (χ4n) is 2.80. The Kier molecular flexibility index (Phi) is 6.27. The van der Waals surface area contributed by atoms with Crippen LogP contribution in [0.25, 0.3) is 0 Å². The highest BCUT2D eigenvalue weighted by atomic mass is 16.2. The van der Waals surface area contributed by atoms with Crippen molar-refractivity contribution in [2.45, 2.75) is 26.3 Å². The first-order chi connectivity index (χ1) is 12.3. The van der Waals surface area contributed by atoms with Gasteiger partial charge in [0.25, 0.3) is 0 Å². The van der Waals surface area contributed by atoms with Crippen LogP contribution in [-0.4, -0.2) is 46.6 Å². The Morgan fingerprint density at radius 1 is 1.12 bits per heavy atom. The Morgan fingerprint density at radius 3 is 2.31 bits per heavy atom. The van der Waals surface area contributed by atoms with E-state index in [4.69, 9.17) is 0 Å². The maximum atomic E-state index is 12.4. The smallest absolute Gasteiger partial charge is 0.335 e. The van der Waals surface area contributed by atoms with Gasteiger partial charge in [0.1, 0.15) is 6.54 Å². The number of urea groups is 1. The number of imide groups is 2. The Balaban J connectivity index is 2.08. The zero-order chi connectivity index (χ0) is 19.3. The highest BCUT2D eigenvalue weighted by molar-refractivity contribution is 6.45. The lowest BCUT2D eigenvalue weighted by Crippen LogP contribution is -2.42. The summed E-state index contributed by atoms with van der Waals surface area (Å²) in [5.41, 5.74) is 0.943. The van der Waals surface area contributed by atoms with Gasteiger partial charge in [-0.25, -0.2) is 9.69 Å². The quantitative estimate of drug-likeness (QED) is 0.437. The molecule has 7 heteroatoms. The summed E-state index contributed by atoms with van der Waals surface area (Å²) in [6.07, 6.45) is 2.06. The summed E-state index contributed by atoms with van der Waals surface area (Å²) in [5, 5.41) is 2.86. The van der Waals surface area contributed by atoms with Gasteiger partial charge in [0.05, 0.1) is 6.04 Å². The van der Waals surface area contributed by atoms with Crippen molar-refractivity contribution in [1.29, 1.82) is 0 Å². The van der Waals surface area contributed by atoms with Crippen LogP contribution in [0.4, 0.5) is 4.79 Å². The van der Waals surface area contributed by atoms with E-state index in [-0.39, 0.29) is 12.6 Å². The van der Waals surface area contributed by atoms with Gasteiger partial charge in [-0.2, -0.15) is 0 Å². The van der Waals surface area contributed by atoms with Crippen LogP contribution in [0.3, 0.4) is 0 Å². The van der Waals surface area contributed by atoms with Crippen LogP contribution in [0, 0.1) is 5.92 Å². The number of carbonyl (C=O) groups excluding carboxylic acids is 4. The summed E-state index contributed by atoms with van der Waals surface area (Å²) >= 11 is 0. The Hall–Kier alpha value is -2.96. The molecular formula is C19H23N3O4. The molecule has 1 aromatic carbocycles. The summed E-state index contributed by atoms with van der Waals surface area (Å²) in [6, 6.07) is 8.44. The van der Waals surface area contributed by atoms with Gasteiger partial charge in [-0.05, 0) is 17.9 Å². The van der Waals surface area contributed by atoms with Crippen molar-refractivity contribution >= 4 is 23.8 Å². The van der Waals surface area contributed by atoms with Gasteiger partial charge in [-0.3, -0.25) is 19.3 Å². The number of hydrogen-bond donors (Lipinski definition) is 1. The largest absolute Gasteiger partial charge is 0.348 e. The molecule has 0 aliphatic carbocycles. The SMILES string of the molecule is C=CCN1C(=O)C(=O)N(CC(=O)N[C@@H](CC(C)C)c2ccccc2)C1=O. The molecule has 2 rings (SSSR count). The van der Waals surface area contributed by atoms with Crippen LogP contribution < -0.4 is 5.32 Å². The lowest BCUT2D eigenvalue weighted by molar-refractivity contribution is -0.143. The highest BCUT2D eigenvalue weighted by Gasteiger charge is 2.44. The van der Waals surface area contributed by atoms with Gasteiger partial charge >= 0.3 is 17.8 Å². The topological polar surface area (TPSA) is 86.8 Å². The molecule has 1 atom stereocenters. The first-order valence-electron chi connectivity index (χ1n) is 8.47. The lowest BCUT2D eigenvalue weighted by Gasteiger charge is -2.22. The van der Waals surface area contributed by atoms with Crippen molar-refractivity contribution in [3.8, 4) is 0 Å². The molecule has 7 nitrogen and oxygen atoms in total. The number of nitrogens with zero attached hydrogens (tertiary/aromatic N) is 2. The van der Waals surface area contributed by atoms with E-state index in [9.17, 15) is 19.2 Å². The minimum atomic E-state index is -0.993. The second kappa shape index (κ2) is 8.42. The molecule has 0 spiro atoms. The summed E-state index contributed by atoms with van der Waals surface area (Å²) < 4.78 is 0. The van der Waals surface area contributed by atoms with Crippen molar-refractivity contribution < 1.29 is 19.2 Å². The number of rotatable bonds is 8. The lowest BCUT2D eigenvalue weighted by atomic mass is 9.97. The molecule has 1 saturated heterocycles. The average molecular weight is 357 g/mol. The minimum Gasteiger partial charge on any atom is -0.348 e. The average Bonchev–Trinajstić information content (AvgIpc) is 2.80. The van der Waals surface area contributed by atoms with Crippen LogP contribution in [0.15, 0.2) is 43.0 Å². The van der Waals surface area contributed by atoms with Crippen molar-refractivity contribution in [3.05, 3.63) is 48.6 Å². The van der Waals surface area contributed by atoms with Crippen LogP contribution >= 0.6 is 0 Å². The van der Waals surface area contributed by atoms with Gasteiger partial charge in [0.15, 0.2) is 0 Å². The Labute approximate surface area is 152 Å². The van der Waals surface area contributed by atoms with Gasteiger partial charge < -0.3 is 5.32 Å². The summed E-state index contributed by atoms with van der Waals surface area (Å²) in [4.78, 5) is 49.8. The second-order valence-corrected chi connectivity index (χ2v) is 6.54. The number of benzene rings is 1. The molecule has 138 valence electrons. The van der Waals surface area contributed by atoms with Gasteiger partial charge in [0.2, 0.25) is 5.91 Å². The standard InChI is InChI=1S/C19H23N3O4/c1-4-10-21-17(24)18(25)22(19(21)26)12-16(23)20-15(11-13(2)3)14-8-6-5-7-9-14/h4-9,13,15H,1,10-12H2,2-3H3,(H,20,23)/t15-/m0/s1. The molecule has 5 amide bonds. The summed E-state index contributed by atoms with van der Waals surface area (Å²) in [5.74, 6) is -2.09. The molecule has 1 aliphatic heterocycles. The predicted molar refractivity (Wildman–Crippen MR) is 95.8 cm³/mol. The molecule has 1 N–H and O–H groups in total. The number of amides is 5. The van der Waals surface area contributed by atoms with E-state index in [2.05, 4.69) is 11.9 Å². The van der Waals surface area contributed by atoms with Crippen molar-refractivity contribution in [1.82, 2.24) is 15.1 Å². The minimum absolute atomic E-state index is 0.0679. The zero-order valence-electron chi connectivity index (χ0n) is 15.0. The number of hydrogen-bond acceptors (Lipinski definition) is 4. The highest BCUT2D eigenvalue weighted by Crippen LogP contribution is 2.21.